The van der Waals surface area contributed by atoms with Crippen molar-refractivity contribution < 1.29 is 4.79 Å². The van der Waals surface area contributed by atoms with Crippen LogP contribution in [-0.4, -0.2) is 16.8 Å². The van der Waals surface area contributed by atoms with Gasteiger partial charge in [0.05, 0.1) is 0 Å². The molecule has 2 nitrogen and oxygen atoms in total. The predicted octanol–water partition coefficient (Wildman–Crippen LogP) is 4.81. The van der Waals surface area contributed by atoms with Crippen LogP contribution in [-0.2, 0) is 4.79 Å². The van der Waals surface area contributed by atoms with Crippen molar-refractivity contribution in [3.05, 3.63) is 0 Å². The van der Waals surface area contributed by atoms with Crippen molar-refractivity contribution in [2.75, 3.05) is 5.33 Å². The van der Waals surface area contributed by atoms with Gasteiger partial charge in [-0.1, -0.05) is 55.5 Å². The Morgan fingerprint density at radius 2 is 1.84 bits per heavy atom. The van der Waals surface area contributed by atoms with Gasteiger partial charge in [0.15, 0.2) is 0 Å². The third-order valence-electron chi connectivity index (χ3n) is 4.40. The second-order valence-corrected chi connectivity index (χ2v) is 6.87. The zero-order chi connectivity index (χ0) is 14.1. The number of nitrogens with one attached hydrogen (secondary N) is 1. The van der Waals surface area contributed by atoms with Crippen LogP contribution in [0.2, 0.25) is 0 Å². The molecule has 0 atom stereocenters. The molecule has 0 aliphatic heterocycles. The summed E-state index contributed by atoms with van der Waals surface area (Å²) in [6.45, 7) is 4.53. The molecule has 0 spiro atoms. The molecule has 0 unspecified atom stereocenters. The zero-order valence-corrected chi connectivity index (χ0v) is 14.2. The van der Waals surface area contributed by atoms with E-state index in [1.54, 1.807) is 0 Å². The van der Waals surface area contributed by atoms with Crippen molar-refractivity contribution in [3.8, 4) is 0 Å². The molecule has 0 radical (unpaired) electrons. The lowest BCUT2D eigenvalue weighted by Gasteiger charge is -2.39. The quantitative estimate of drug-likeness (QED) is 0.502. The highest BCUT2D eigenvalue weighted by molar-refractivity contribution is 9.09. The van der Waals surface area contributed by atoms with E-state index < -0.39 is 0 Å². The smallest absolute Gasteiger partial charge is 0.220 e. The maximum Gasteiger partial charge on any atom is 0.220 e. The van der Waals surface area contributed by atoms with Crippen LogP contribution in [0.4, 0.5) is 0 Å². The lowest BCUT2D eigenvalue weighted by Crippen LogP contribution is -2.51. The van der Waals surface area contributed by atoms with Crippen LogP contribution < -0.4 is 5.32 Å². The first-order valence-corrected chi connectivity index (χ1v) is 9.11. The van der Waals surface area contributed by atoms with Gasteiger partial charge in [-0.05, 0) is 38.0 Å². The average Bonchev–Trinajstić information content (AvgIpc) is 2.41. The number of halogens is 1. The third-order valence-corrected chi connectivity index (χ3v) is 5.47. The van der Waals surface area contributed by atoms with Gasteiger partial charge in [-0.25, -0.2) is 0 Å². The first-order valence-electron chi connectivity index (χ1n) is 7.99. The van der Waals surface area contributed by atoms with Gasteiger partial charge < -0.3 is 5.32 Å². The molecule has 3 heteroatoms. The second kappa shape index (κ2) is 8.99. The SMILES string of the molecule is CCCCCCCC(=O)NC1(CBr)CCC(C)CC1. The molecular weight excluding hydrogens is 302 g/mol. The maximum absolute atomic E-state index is 12.1. The van der Waals surface area contributed by atoms with E-state index in [4.69, 9.17) is 0 Å². The Hall–Kier alpha value is -0.0500. The number of unbranched alkanes of at least 4 members (excludes halogenated alkanes) is 4. The molecule has 0 heterocycles. The van der Waals surface area contributed by atoms with Crippen molar-refractivity contribution in [1.82, 2.24) is 5.32 Å². The highest BCUT2D eigenvalue weighted by Gasteiger charge is 2.34. The molecule has 19 heavy (non-hydrogen) atoms. The summed E-state index contributed by atoms with van der Waals surface area (Å²) in [7, 11) is 0. The van der Waals surface area contributed by atoms with Crippen LogP contribution in [0.1, 0.15) is 78.1 Å². The Kier molecular flexibility index (Phi) is 8.05. The van der Waals surface area contributed by atoms with E-state index in [2.05, 4.69) is 35.1 Å². The fourth-order valence-corrected chi connectivity index (χ4v) is 3.56. The Labute approximate surface area is 127 Å². The summed E-state index contributed by atoms with van der Waals surface area (Å²) >= 11 is 3.60. The van der Waals surface area contributed by atoms with E-state index in [1.807, 2.05) is 0 Å². The van der Waals surface area contributed by atoms with Crippen molar-refractivity contribution in [3.63, 3.8) is 0 Å². The van der Waals surface area contributed by atoms with Crippen LogP contribution >= 0.6 is 15.9 Å². The first kappa shape index (κ1) is 17.0. The first-order chi connectivity index (χ1) is 9.12. The van der Waals surface area contributed by atoms with Crippen LogP contribution in [0.3, 0.4) is 0 Å². The highest BCUT2D eigenvalue weighted by atomic mass is 79.9. The predicted molar refractivity (Wildman–Crippen MR) is 85.7 cm³/mol. The van der Waals surface area contributed by atoms with Crippen LogP contribution in [0, 0.1) is 5.92 Å². The maximum atomic E-state index is 12.1. The molecule has 0 aromatic rings. The molecule has 1 aliphatic carbocycles. The summed E-state index contributed by atoms with van der Waals surface area (Å²) in [6, 6.07) is 0. The van der Waals surface area contributed by atoms with E-state index in [0.29, 0.717) is 6.42 Å². The van der Waals surface area contributed by atoms with Crippen LogP contribution in [0.5, 0.6) is 0 Å². The van der Waals surface area contributed by atoms with E-state index in [-0.39, 0.29) is 11.4 Å². The summed E-state index contributed by atoms with van der Waals surface area (Å²) in [5.41, 5.74) is 0.0347. The number of rotatable bonds is 8. The molecule has 1 aliphatic rings. The lowest BCUT2D eigenvalue weighted by molar-refractivity contribution is -0.123. The number of hydrogen-bond acceptors (Lipinski definition) is 1. The van der Waals surface area contributed by atoms with Gasteiger partial charge >= 0.3 is 0 Å². The van der Waals surface area contributed by atoms with Gasteiger partial charge in [0.25, 0.3) is 0 Å². The number of hydrogen-bond donors (Lipinski definition) is 1. The number of amides is 1. The molecule has 112 valence electrons. The van der Waals surface area contributed by atoms with E-state index >= 15 is 0 Å². The van der Waals surface area contributed by atoms with Crippen LogP contribution in [0.15, 0.2) is 0 Å². The summed E-state index contributed by atoms with van der Waals surface area (Å²) < 4.78 is 0. The molecule has 1 saturated carbocycles. The molecule has 0 aromatic heterocycles. The Balaban J connectivity index is 2.25. The highest BCUT2D eigenvalue weighted by Crippen LogP contribution is 2.33. The van der Waals surface area contributed by atoms with Gasteiger partial charge in [-0.3, -0.25) is 4.79 Å². The van der Waals surface area contributed by atoms with Gasteiger partial charge in [0.2, 0.25) is 5.91 Å². The van der Waals surface area contributed by atoms with Gasteiger partial charge in [0, 0.05) is 17.3 Å². The van der Waals surface area contributed by atoms with Crippen molar-refractivity contribution >= 4 is 21.8 Å². The van der Waals surface area contributed by atoms with Crippen LogP contribution in [0.25, 0.3) is 0 Å². The number of carbonyl (C=O) groups excluding carboxylic acids is 1. The minimum absolute atomic E-state index is 0.0347. The Morgan fingerprint density at radius 3 is 2.42 bits per heavy atom. The van der Waals surface area contributed by atoms with Crippen molar-refractivity contribution in [2.24, 2.45) is 5.92 Å². The Morgan fingerprint density at radius 1 is 1.21 bits per heavy atom. The zero-order valence-electron chi connectivity index (χ0n) is 12.6. The minimum atomic E-state index is 0.0347. The molecule has 0 aromatic carbocycles. The molecule has 1 rings (SSSR count). The molecule has 0 bridgehead atoms. The molecule has 1 amide bonds. The van der Waals surface area contributed by atoms with E-state index in [9.17, 15) is 4.79 Å². The summed E-state index contributed by atoms with van der Waals surface area (Å²) in [4.78, 5) is 12.1. The lowest BCUT2D eigenvalue weighted by atomic mass is 9.78. The molecule has 1 N–H and O–H groups in total. The van der Waals surface area contributed by atoms with Gasteiger partial charge in [-0.15, -0.1) is 0 Å². The second-order valence-electron chi connectivity index (χ2n) is 6.31. The van der Waals surface area contributed by atoms with E-state index in [0.717, 1.165) is 30.5 Å². The molecule has 1 fully saturated rings. The summed E-state index contributed by atoms with van der Waals surface area (Å²) in [5.74, 6) is 1.07. The van der Waals surface area contributed by atoms with Gasteiger partial charge in [0.1, 0.15) is 0 Å². The largest absolute Gasteiger partial charge is 0.350 e. The normalized spacial score (nSPS) is 27.2. The Bertz CT molecular complexity index is 259. The van der Waals surface area contributed by atoms with Crippen molar-refractivity contribution in [1.29, 1.82) is 0 Å². The summed E-state index contributed by atoms with van der Waals surface area (Å²) in [5, 5.41) is 4.20. The fourth-order valence-electron chi connectivity index (χ4n) is 2.85. The molecule has 0 saturated heterocycles. The number of alkyl halides is 1. The molecular formula is C16H30BrNO. The minimum Gasteiger partial charge on any atom is -0.350 e. The average molecular weight is 332 g/mol. The number of carbonyl (C=O) groups is 1. The summed E-state index contributed by atoms with van der Waals surface area (Å²) in [6.07, 6.45) is 11.5. The van der Waals surface area contributed by atoms with E-state index in [1.165, 1.54) is 38.5 Å². The topological polar surface area (TPSA) is 29.1 Å². The standard InChI is InChI=1S/C16H30BrNO/c1-3-4-5-6-7-8-15(19)18-16(13-17)11-9-14(2)10-12-16/h14H,3-13H2,1-2H3,(H,18,19). The third kappa shape index (κ3) is 6.29. The monoisotopic (exact) mass is 331 g/mol. The van der Waals surface area contributed by atoms with Crippen molar-refractivity contribution in [2.45, 2.75) is 83.6 Å². The fraction of sp³-hybridized carbons (Fsp3) is 0.938. The van der Waals surface area contributed by atoms with Gasteiger partial charge in [-0.2, -0.15) is 0 Å².